The van der Waals surface area contributed by atoms with Gasteiger partial charge in [0, 0.05) is 23.5 Å². The number of carbonyl (C=O) groups is 2. The minimum Gasteiger partial charge on any atom is -0.464 e. The molecule has 0 amide bonds. The molecule has 3 aromatic rings. The highest BCUT2D eigenvalue weighted by molar-refractivity contribution is 6.02. The molecule has 0 fully saturated rings. The molecule has 0 aliphatic carbocycles. The first-order chi connectivity index (χ1) is 13.3. The number of carbonyl (C=O) groups excluding carboxylic acids is 2. The Morgan fingerprint density at radius 2 is 1.68 bits per heavy atom. The molecule has 3 rings (SSSR count). The molecule has 0 unspecified atom stereocenters. The van der Waals surface area contributed by atoms with Crippen molar-refractivity contribution >= 4 is 12.1 Å². The van der Waals surface area contributed by atoms with Crippen LogP contribution in [0.1, 0.15) is 31.3 Å². The number of pyridine rings is 1. The summed E-state index contributed by atoms with van der Waals surface area (Å²) in [4.78, 5) is 29.9. The van der Waals surface area contributed by atoms with Crippen LogP contribution < -0.4 is 0 Å². The van der Waals surface area contributed by atoms with Crippen LogP contribution in [0.2, 0.25) is 0 Å². The number of methoxy groups -OCH3 is 1. The van der Waals surface area contributed by atoms with Gasteiger partial charge in [-0.15, -0.1) is 0 Å². The fraction of sp³-hybridized carbons (Fsp3) is 0.227. The summed E-state index contributed by atoms with van der Waals surface area (Å²) in [5.74, 6) is -0.625. The van der Waals surface area contributed by atoms with Gasteiger partial charge in [-0.25, -0.2) is 14.2 Å². The van der Waals surface area contributed by atoms with Gasteiger partial charge in [-0.05, 0) is 44.5 Å². The van der Waals surface area contributed by atoms with Crippen molar-refractivity contribution in [3.05, 3.63) is 66.6 Å². The van der Waals surface area contributed by atoms with Crippen molar-refractivity contribution < 1.29 is 19.1 Å². The maximum Gasteiger partial charge on any atom is 0.419 e. The maximum atomic E-state index is 13.1. The molecule has 0 aliphatic heterocycles. The standard InChI is InChI=1S/C22H22N2O4/c1-22(2,3)28-21(26)24-18(16-11-8-12-23-14-16)13-17(19(24)20(25)27-4)15-9-6-5-7-10-15/h5-14H,1-4H3. The van der Waals surface area contributed by atoms with E-state index in [0.717, 1.165) is 5.56 Å². The van der Waals surface area contributed by atoms with E-state index in [2.05, 4.69) is 4.98 Å². The Balaban J connectivity index is 2.31. The van der Waals surface area contributed by atoms with E-state index >= 15 is 0 Å². The summed E-state index contributed by atoms with van der Waals surface area (Å²) in [6.45, 7) is 5.32. The maximum absolute atomic E-state index is 13.1. The Kier molecular flexibility index (Phi) is 5.31. The van der Waals surface area contributed by atoms with E-state index in [1.807, 2.05) is 36.4 Å². The van der Waals surface area contributed by atoms with E-state index in [4.69, 9.17) is 9.47 Å². The molecule has 0 saturated heterocycles. The first-order valence-corrected chi connectivity index (χ1v) is 8.85. The molecule has 6 nitrogen and oxygen atoms in total. The topological polar surface area (TPSA) is 70.4 Å². The van der Waals surface area contributed by atoms with Gasteiger partial charge < -0.3 is 9.47 Å². The molecule has 144 valence electrons. The van der Waals surface area contributed by atoms with Crippen molar-refractivity contribution in [2.75, 3.05) is 7.11 Å². The van der Waals surface area contributed by atoms with Gasteiger partial charge in [-0.2, -0.15) is 0 Å². The third-order valence-electron chi connectivity index (χ3n) is 4.00. The number of nitrogens with zero attached hydrogens (tertiary/aromatic N) is 2. The molecule has 28 heavy (non-hydrogen) atoms. The number of esters is 1. The lowest BCUT2D eigenvalue weighted by Crippen LogP contribution is -2.29. The number of ether oxygens (including phenoxy) is 2. The van der Waals surface area contributed by atoms with E-state index < -0.39 is 17.7 Å². The molecule has 0 atom stereocenters. The van der Waals surface area contributed by atoms with Crippen molar-refractivity contribution in [2.24, 2.45) is 0 Å². The van der Waals surface area contributed by atoms with Crippen molar-refractivity contribution in [1.82, 2.24) is 9.55 Å². The van der Waals surface area contributed by atoms with Gasteiger partial charge >= 0.3 is 12.1 Å². The van der Waals surface area contributed by atoms with E-state index in [-0.39, 0.29) is 5.69 Å². The molecule has 0 N–H and O–H groups in total. The van der Waals surface area contributed by atoms with Crippen LogP contribution in [0.25, 0.3) is 22.4 Å². The summed E-state index contributed by atoms with van der Waals surface area (Å²) in [6, 6.07) is 14.7. The lowest BCUT2D eigenvalue weighted by Gasteiger charge is -2.21. The number of hydrogen-bond donors (Lipinski definition) is 0. The second kappa shape index (κ2) is 7.68. The average Bonchev–Trinajstić information content (AvgIpc) is 3.08. The molecule has 0 radical (unpaired) electrons. The lowest BCUT2D eigenvalue weighted by molar-refractivity contribution is 0.0486. The zero-order valence-corrected chi connectivity index (χ0v) is 16.3. The number of benzene rings is 1. The van der Waals surface area contributed by atoms with Crippen LogP contribution in [0, 0.1) is 0 Å². The zero-order valence-electron chi connectivity index (χ0n) is 16.3. The van der Waals surface area contributed by atoms with Gasteiger partial charge in [0.2, 0.25) is 0 Å². The number of aromatic nitrogens is 2. The van der Waals surface area contributed by atoms with E-state index in [1.165, 1.54) is 11.7 Å². The molecule has 0 bridgehead atoms. The van der Waals surface area contributed by atoms with E-state index in [9.17, 15) is 9.59 Å². The van der Waals surface area contributed by atoms with Crippen LogP contribution in [0.15, 0.2) is 60.9 Å². The Labute approximate surface area is 163 Å². The predicted molar refractivity (Wildman–Crippen MR) is 106 cm³/mol. The smallest absolute Gasteiger partial charge is 0.419 e. The van der Waals surface area contributed by atoms with Crippen LogP contribution in [-0.2, 0) is 9.47 Å². The van der Waals surface area contributed by atoms with Gasteiger partial charge in [-0.3, -0.25) is 4.98 Å². The third kappa shape index (κ3) is 3.96. The zero-order chi connectivity index (χ0) is 20.3. The fourth-order valence-corrected chi connectivity index (χ4v) is 2.87. The Morgan fingerprint density at radius 1 is 1.00 bits per heavy atom. The highest BCUT2D eigenvalue weighted by atomic mass is 16.6. The second-order valence-corrected chi connectivity index (χ2v) is 7.21. The van der Waals surface area contributed by atoms with Crippen molar-refractivity contribution in [2.45, 2.75) is 26.4 Å². The summed E-state index contributed by atoms with van der Waals surface area (Å²) >= 11 is 0. The first-order valence-electron chi connectivity index (χ1n) is 8.85. The van der Waals surface area contributed by atoms with Gasteiger partial charge in [0.25, 0.3) is 0 Å². The molecule has 2 aromatic heterocycles. The Bertz CT molecular complexity index is 987. The van der Waals surface area contributed by atoms with Crippen LogP contribution in [0.5, 0.6) is 0 Å². The molecular weight excluding hydrogens is 356 g/mol. The predicted octanol–water partition coefficient (Wildman–Crippen LogP) is 4.79. The Morgan fingerprint density at radius 3 is 2.25 bits per heavy atom. The SMILES string of the molecule is COC(=O)c1c(-c2ccccc2)cc(-c2cccnc2)n1C(=O)OC(C)(C)C. The lowest BCUT2D eigenvalue weighted by atomic mass is 10.1. The largest absolute Gasteiger partial charge is 0.464 e. The van der Waals surface area contributed by atoms with Gasteiger partial charge in [0.05, 0.1) is 12.8 Å². The summed E-state index contributed by atoms with van der Waals surface area (Å²) in [5.41, 5.74) is 1.94. The van der Waals surface area contributed by atoms with Gasteiger partial charge in [0.15, 0.2) is 0 Å². The molecule has 0 saturated carbocycles. The quantitative estimate of drug-likeness (QED) is 0.613. The minimum atomic E-state index is -0.728. The molecule has 0 aliphatic rings. The van der Waals surface area contributed by atoms with Crippen molar-refractivity contribution in [3.8, 4) is 22.4 Å². The summed E-state index contributed by atoms with van der Waals surface area (Å²) < 4.78 is 11.8. The second-order valence-electron chi connectivity index (χ2n) is 7.21. The molecule has 1 aromatic carbocycles. The highest BCUT2D eigenvalue weighted by Gasteiger charge is 2.30. The van der Waals surface area contributed by atoms with Crippen LogP contribution in [-0.4, -0.2) is 34.3 Å². The summed E-state index contributed by atoms with van der Waals surface area (Å²) in [7, 11) is 1.29. The first kappa shape index (κ1) is 19.4. The highest BCUT2D eigenvalue weighted by Crippen LogP contribution is 2.34. The fourth-order valence-electron chi connectivity index (χ4n) is 2.87. The monoisotopic (exact) mass is 378 g/mol. The number of rotatable bonds is 3. The Hall–Kier alpha value is -3.41. The minimum absolute atomic E-state index is 0.113. The normalized spacial score (nSPS) is 11.1. The van der Waals surface area contributed by atoms with Crippen molar-refractivity contribution in [3.63, 3.8) is 0 Å². The van der Waals surface area contributed by atoms with E-state index in [1.54, 1.807) is 45.3 Å². The van der Waals surface area contributed by atoms with E-state index in [0.29, 0.717) is 16.8 Å². The van der Waals surface area contributed by atoms with Crippen LogP contribution >= 0.6 is 0 Å². The summed E-state index contributed by atoms with van der Waals surface area (Å²) in [5, 5.41) is 0. The number of hydrogen-bond acceptors (Lipinski definition) is 5. The molecular formula is C22H22N2O4. The summed E-state index contributed by atoms with van der Waals surface area (Å²) in [6.07, 6.45) is 2.62. The molecule has 0 spiro atoms. The van der Waals surface area contributed by atoms with Gasteiger partial charge in [-0.1, -0.05) is 30.3 Å². The molecule has 2 heterocycles. The van der Waals surface area contributed by atoms with Crippen molar-refractivity contribution in [1.29, 1.82) is 0 Å². The van der Waals surface area contributed by atoms with Crippen LogP contribution in [0.3, 0.4) is 0 Å². The average molecular weight is 378 g/mol. The van der Waals surface area contributed by atoms with Gasteiger partial charge in [0.1, 0.15) is 11.3 Å². The van der Waals surface area contributed by atoms with Crippen LogP contribution in [0.4, 0.5) is 4.79 Å². The third-order valence-corrected chi connectivity index (χ3v) is 4.00. The molecule has 6 heteroatoms.